The molecular formula is C17H19BrFN2O2+. The third-order valence-electron chi connectivity index (χ3n) is 3.18. The third kappa shape index (κ3) is 6.38. The molecule has 6 heteroatoms. The van der Waals surface area contributed by atoms with Crippen molar-refractivity contribution >= 4 is 27.5 Å². The first-order valence-corrected chi connectivity index (χ1v) is 8.07. The summed E-state index contributed by atoms with van der Waals surface area (Å²) in [7, 11) is 1.91. The van der Waals surface area contributed by atoms with Crippen LogP contribution in [0.5, 0.6) is 5.75 Å². The third-order valence-corrected chi connectivity index (χ3v) is 3.71. The van der Waals surface area contributed by atoms with Gasteiger partial charge in [0.2, 0.25) is 0 Å². The number of benzene rings is 2. The van der Waals surface area contributed by atoms with Crippen LogP contribution in [-0.2, 0) is 4.79 Å². The predicted molar refractivity (Wildman–Crippen MR) is 91.3 cm³/mol. The smallest absolute Gasteiger partial charge is 0.279 e. The van der Waals surface area contributed by atoms with Gasteiger partial charge in [0.1, 0.15) is 24.7 Å². The quantitative estimate of drug-likeness (QED) is 0.771. The van der Waals surface area contributed by atoms with Crippen molar-refractivity contribution in [3.63, 3.8) is 0 Å². The molecule has 0 bridgehead atoms. The lowest BCUT2D eigenvalue weighted by atomic mass is 10.3. The highest BCUT2D eigenvalue weighted by molar-refractivity contribution is 9.10. The van der Waals surface area contributed by atoms with E-state index in [9.17, 15) is 9.18 Å². The van der Waals surface area contributed by atoms with Crippen LogP contribution in [0.25, 0.3) is 0 Å². The number of anilines is 1. The lowest BCUT2D eigenvalue weighted by Crippen LogP contribution is -3.10. The van der Waals surface area contributed by atoms with Crippen LogP contribution in [0.15, 0.2) is 53.0 Å². The van der Waals surface area contributed by atoms with Crippen LogP contribution in [0.2, 0.25) is 0 Å². The summed E-state index contributed by atoms with van der Waals surface area (Å²) in [5, 5.41) is 2.68. The fraction of sp³-hybridized carbons (Fsp3) is 0.235. The Morgan fingerprint density at radius 2 is 2.00 bits per heavy atom. The molecule has 2 aromatic rings. The number of halogens is 2. The number of hydrogen-bond donors (Lipinski definition) is 2. The molecule has 0 aliphatic rings. The Kier molecular flexibility index (Phi) is 6.55. The van der Waals surface area contributed by atoms with E-state index in [0.29, 0.717) is 25.4 Å². The normalized spacial score (nSPS) is 11.8. The average molecular weight is 382 g/mol. The fourth-order valence-electron chi connectivity index (χ4n) is 2.01. The zero-order valence-electron chi connectivity index (χ0n) is 12.8. The van der Waals surface area contributed by atoms with Gasteiger partial charge in [-0.2, -0.15) is 0 Å². The maximum atomic E-state index is 13.1. The van der Waals surface area contributed by atoms with Crippen molar-refractivity contribution in [2.24, 2.45) is 0 Å². The monoisotopic (exact) mass is 381 g/mol. The number of carbonyl (C=O) groups excluding carboxylic acids is 1. The Balaban J connectivity index is 1.70. The van der Waals surface area contributed by atoms with Crippen molar-refractivity contribution in [3.05, 3.63) is 58.8 Å². The summed E-state index contributed by atoms with van der Waals surface area (Å²) < 4.78 is 19.7. The molecule has 122 valence electrons. The van der Waals surface area contributed by atoms with Crippen molar-refractivity contribution in [1.29, 1.82) is 0 Å². The highest BCUT2D eigenvalue weighted by Crippen LogP contribution is 2.15. The summed E-state index contributed by atoms with van der Waals surface area (Å²) in [6.45, 7) is 1.49. The standard InChI is InChI=1S/C17H18BrFN2O2/c1-21(9-10-23-16-7-5-13(18)6-8-16)12-17(22)20-15-4-2-3-14(19)11-15/h2-8,11H,9-10,12H2,1H3,(H,20,22)/p+1. The Morgan fingerprint density at radius 3 is 2.70 bits per heavy atom. The highest BCUT2D eigenvalue weighted by atomic mass is 79.9. The van der Waals surface area contributed by atoms with E-state index in [1.165, 1.54) is 12.1 Å². The number of carbonyl (C=O) groups is 1. The summed E-state index contributed by atoms with van der Waals surface area (Å²) in [6.07, 6.45) is 0. The second-order valence-electron chi connectivity index (χ2n) is 5.24. The summed E-state index contributed by atoms with van der Waals surface area (Å²) in [4.78, 5) is 12.9. The van der Waals surface area contributed by atoms with Gasteiger partial charge in [-0.05, 0) is 42.5 Å². The van der Waals surface area contributed by atoms with E-state index in [2.05, 4.69) is 21.2 Å². The Labute approximate surface area is 143 Å². The first-order chi connectivity index (χ1) is 11.0. The zero-order chi connectivity index (χ0) is 16.7. The molecule has 0 saturated heterocycles. The van der Waals surface area contributed by atoms with Gasteiger partial charge >= 0.3 is 0 Å². The van der Waals surface area contributed by atoms with E-state index < -0.39 is 0 Å². The second kappa shape index (κ2) is 8.64. The molecule has 0 radical (unpaired) electrons. The van der Waals surface area contributed by atoms with Gasteiger partial charge in [0.05, 0.1) is 7.05 Å². The molecule has 0 fully saturated rings. The molecule has 2 N–H and O–H groups in total. The number of likely N-dealkylation sites (N-methyl/N-ethyl adjacent to an activating group) is 1. The van der Waals surface area contributed by atoms with Crippen LogP contribution >= 0.6 is 15.9 Å². The van der Waals surface area contributed by atoms with Gasteiger partial charge in [-0.15, -0.1) is 0 Å². The van der Waals surface area contributed by atoms with E-state index >= 15 is 0 Å². The molecule has 1 unspecified atom stereocenters. The van der Waals surface area contributed by atoms with Crippen LogP contribution in [0.3, 0.4) is 0 Å². The van der Waals surface area contributed by atoms with Gasteiger partial charge in [-0.1, -0.05) is 22.0 Å². The van der Waals surface area contributed by atoms with Crippen molar-refractivity contribution in [2.75, 3.05) is 32.1 Å². The minimum Gasteiger partial charge on any atom is -0.488 e. The van der Waals surface area contributed by atoms with Crippen molar-refractivity contribution in [2.45, 2.75) is 0 Å². The number of nitrogens with one attached hydrogen (secondary N) is 2. The Morgan fingerprint density at radius 1 is 1.26 bits per heavy atom. The SMILES string of the molecule is C[NH+](CCOc1ccc(Br)cc1)CC(=O)Nc1cccc(F)c1. The topological polar surface area (TPSA) is 42.8 Å². The number of ether oxygens (including phenoxy) is 1. The van der Waals surface area contributed by atoms with Gasteiger partial charge in [0.15, 0.2) is 6.54 Å². The Hall–Kier alpha value is -1.92. The Bertz CT molecular complexity index is 649. The number of hydrogen-bond acceptors (Lipinski definition) is 2. The van der Waals surface area contributed by atoms with E-state index in [4.69, 9.17) is 4.74 Å². The van der Waals surface area contributed by atoms with E-state index in [1.54, 1.807) is 12.1 Å². The molecule has 0 heterocycles. The minimum absolute atomic E-state index is 0.156. The van der Waals surface area contributed by atoms with E-state index in [1.807, 2.05) is 31.3 Å². The average Bonchev–Trinajstić information content (AvgIpc) is 2.49. The molecular weight excluding hydrogens is 363 g/mol. The maximum Gasteiger partial charge on any atom is 0.279 e. The molecule has 0 spiro atoms. The van der Waals surface area contributed by atoms with Gasteiger partial charge in [-0.25, -0.2) is 4.39 Å². The molecule has 0 aliphatic carbocycles. The first-order valence-electron chi connectivity index (χ1n) is 7.28. The summed E-state index contributed by atoms with van der Waals surface area (Å²) >= 11 is 3.37. The van der Waals surface area contributed by atoms with Gasteiger partial charge in [0, 0.05) is 10.2 Å². The van der Waals surface area contributed by atoms with Crippen LogP contribution in [0.4, 0.5) is 10.1 Å². The summed E-state index contributed by atoms with van der Waals surface area (Å²) in [5.74, 6) is 0.272. The van der Waals surface area contributed by atoms with Crippen molar-refractivity contribution in [3.8, 4) is 5.75 Å². The van der Waals surface area contributed by atoms with Crippen molar-refractivity contribution < 1.29 is 18.8 Å². The van der Waals surface area contributed by atoms with Gasteiger partial charge in [-0.3, -0.25) is 4.79 Å². The lowest BCUT2D eigenvalue weighted by Gasteiger charge is -2.14. The van der Waals surface area contributed by atoms with Crippen LogP contribution < -0.4 is 15.0 Å². The van der Waals surface area contributed by atoms with Crippen LogP contribution in [0.1, 0.15) is 0 Å². The molecule has 2 aromatic carbocycles. The fourth-order valence-corrected chi connectivity index (χ4v) is 2.27. The van der Waals surface area contributed by atoms with Gasteiger partial charge < -0.3 is 15.0 Å². The molecule has 1 amide bonds. The summed E-state index contributed by atoms with van der Waals surface area (Å²) in [6, 6.07) is 13.5. The predicted octanol–water partition coefficient (Wildman–Crippen LogP) is 2.12. The maximum absolute atomic E-state index is 13.1. The van der Waals surface area contributed by atoms with E-state index in [-0.39, 0.29) is 11.7 Å². The minimum atomic E-state index is -0.369. The molecule has 4 nitrogen and oxygen atoms in total. The molecule has 1 atom stereocenters. The van der Waals surface area contributed by atoms with Gasteiger partial charge in [0.25, 0.3) is 5.91 Å². The molecule has 0 aromatic heterocycles. The van der Waals surface area contributed by atoms with Crippen LogP contribution in [0, 0.1) is 5.82 Å². The van der Waals surface area contributed by atoms with Crippen LogP contribution in [-0.4, -0.2) is 32.7 Å². The lowest BCUT2D eigenvalue weighted by molar-refractivity contribution is -0.871. The number of quaternary nitrogens is 1. The molecule has 0 saturated carbocycles. The molecule has 23 heavy (non-hydrogen) atoms. The zero-order valence-corrected chi connectivity index (χ0v) is 14.4. The second-order valence-corrected chi connectivity index (χ2v) is 6.16. The number of amides is 1. The summed E-state index contributed by atoms with van der Waals surface area (Å²) in [5.41, 5.74) is 0.467. The first kappa shape index (κ1) is 17.4. The van der Waals surface area contributed by atoms with E-state index in [0.717, 1.165) is 15.1 Å². The largest absolute Gasteiger partial charge is 0.488 e. The number of rotatable bonds is 7. The molecule has 0 aliphatic heterocycles. The highest BCUT2D eigenvalue weighted by Gasteiger charge is 2.10. The van der Waals surface area contributed by atoms with Crippen molar-refractivity contribution in [1.82, 2.24) is 0 Å². The molecule has 2 rings (SSSR count).